The normalized spacial score (nSPS) is 20.2. The van der Waals surface area contributed by atoms with Gasteiger partial charge in [0.1, 0.15) is 0 Å². The minimum atomic E-state index is -0.204. The lowest BCUT2D eigenvalue weighted by Crippen LogP contribution is -2.11. The minimum Gasteiger partial charge on any atom is -0.380 e. The highest BCUT2D eigenvalue weighted by Crippen LogP contribution is 2.37. The average molecular weight is 367 g/mol. The summed E-state index contributed by atoms with van der Waals surface area (Å²) in [7, 11) is 1.73. The first-order valence-corrected chi connectivity index (χ1v) is 10.2. The summed E-state index contributed by atoms with van der Waals surface area (Å²) in [5.41, 5.74) is 5.19. The maximum atomic E-state index is 12.1. The van der Waals surface area contributed by atoms with Crippen molar-refractivity contribution < 1.29 is 9.13 Å². The van der Waals surface area contributed by atoms with E-state index in [0.29, 0.717) is 24.9 Å². The highest BCUT2D eigenvalue weighted by atomic mass is 19.1. The summed E-state index contributed by atoms with van der Waals surface area (Å²) in [4.78, 5) is 0. The number of alkyl halides is 1. The molecular formula is C25H31FO. The van der Waals surface area contributed by atoms with E-state index < -0.39 is 0 Å². The number of ether oxygens (including phenoxy) is 1. The van der Waals surface area contributed by atoms with E-state index in [1.165, 1.54) is 47.9 Å². The van der Waals surface area contributed by atoms with Gasteiger partial charge >= 0.3 is 0 Å². The van der Waals surface area contributed by atoms with E-state index in [1.54, 1.807) is 7.11 Å². The van der Waals surface area contributed by atoms with E-state index in [1.807, 2.05) is 0 Å². The predicted molar refractivity (Wildman–Crippen MR) is 112 cm³/mol. The Bertz CT molecular complexity index is 694. The van der Waals surface area contributed by atoms with Crippen LogP contribution in [0.5, 0.6) is 0 Å². The summed E-state index contributed by atoms with van der Waals surface area (Å²) < 4.78 is 17.3. The molecule has 0 aromatic heterocycles. The SMILES string of the molecule is COCc1ccc(-c2ccc(C3CCC(C=CCCCF)CC3)cc2)cc1. The molecule has 144 valence electrons. The molecule has 0 bridgehead atoms. The lowest BCUT2D eigenvalue weighted by molar-refractivity contribution is 0.185. The Morgan fingerprint density at radius 2 is 1.56 bits per heavy atom. The molecule has 1 nitrogen and oxygen atoms in total. The molecule has 3 rings (SSSR count). The summed E-state index contributed by atoms with van der Waals surface area (Å²) in [5, 5.41) is 0. The van der Waals surface area contributed by atoms with Crippen molar-refractivity contribution in [1.29, 1.82) is 0 Å². The molecule has 0 saturated heterocycles. The van der Waals surface area contributed by atoms with Crippen LogP contribution in [-0.4, -0.2) is 13.8 Å². The van der Waals surface area contributed by atoms with Crippen LogP contribution in [0.1, 0.15) is 55.6 Å². The lowest BCUT2D eigenvalue weighted by atomic mass is 9.78. The van der Waals surface area contributed by atoms with E-state index >= 15 is 0 Å². The molecule has 2 aromatic rings. The van der Waals surface area contributed by atoms with Gasteiger partial charge in [-0.2, -0.15) is 0 Å². The van der Waals surface area contributed by atoms with Crippen molar-refractivity contribution >= 4 is 0 Å². The van der Waals surface area contributed by atoms with Crippen LogP contribution in [0.2, 0.25) is 0 Å². The number of rotatable bonds is 8. The summed E-state index contributed by atoms with van der Waals surface area (Å²) in [6.45, 7) is 0.456. The zero-order valence-electron chi connectivity index (χ0n) is 16.4. The quantitative estimate of drug-likeness (QED) is 0.358. The van der Waals surface area contributed by atoms with Gasteiger partial charge in [0, 0.05) is 7.11 Å². The summed E-state index contributed by atoms with van der Waals surface area (Å²) in [6.07, 6.45) is 11.0. The first-order valence-electron chi connectivity index (χ1n) is 10.2. The molecule has 1 aliphatic rings. The molecule has 0 unspecified atom stereocenters. The fourth-order valence-corrected chi connectivity index (χ4v) is 4.04. The molecule has 0 atom stereocenters. The first kappa shape index (κ1) is 19.8. The van der Waals surface area contributed by atoms with Crippen LogP contribution in [0.25, 0.3) is 11.1 Å². The van der Waals surface area contributed by atoms with Crippen molar-refractivity contribution in [2.75, 3.05) is 13.8 Å². The number of hydrogen-bond acceptors (Lipinski definition) is 1. The van der Waals surface area contributed by atoms with Crippen LogP contribution < -0.4 is 0 Å². The largest absolute Gasteiger partial charge is 0.380 e. The molecule has 1 fully saturated rings. The Morgan fingerprint density at radius 3 is 2.15 bits per heavy atom. The Kier molecular flexibility index (Phi) is 7.65. The molecule has 27 heavy (non-hydrogen) atoms. The van der Waals surface area contributed by atoms with Crippen LogP contribution in [0.15, 0.2) is 60.7 Å². The molecule has 0 aliphatic heterocycles. The Labute approximate surface area is 163 Å². The molecule has 2 aromatic carbocycles. The number of halogens is 1. The fraction of sp³-hybridized carbons (Fsp3) is 0.440. The van der Waals surface area contributed by atoms with E-state index in [2.05, 4.69) is 60.7 Å². The second-order valence-corrected chi connectivity index (χ2v) is 7.62. The minimum absolute atomic E-state index is 0.204. The van der Waals surface area contributed by atoms with Crippen molar-refractivity contribution in [3.05, 3.63) is 71.8 Å². The van der Waals surface area contributed by atoms with Gasteiger partial charge in [0.05, 0.1) is 13.3 Å². The third-order valence-corrected chi connectivity index (χ3v) is 5.66. The smallest absolute Gasteiger partial charge is 0.0897 e. The van der Waals surface area contributed by atoms with Gasteiger partial charge in [-0.1, -0.05) is 60.7 Å². The van der Waals surface area contributed by atoms with E-state index in [9.17, 15) is 4.39 Å². The fourth-order valence-electron chi connectivity index (χ4n) is 4.04. The zero-order chi connectivity index (χ0) is 18.9. The molecule has 1 aliphatic carbocycles. The number of methoxy groups -OCH3 is 1. The third-order valence-electron chi connectivity index (χ3n) is 5.66. The number of benzene rings is 2. The molecule has 2 heteroatoms. The molecule has 0 radical (unpaired) electrons. The number of allylic oxidation sites excluding steroid dienone is 2. The standard InChI is InChI=1S/C25H31FO/c1-27-19-21-8-12-23(13-9-21)25-16-14-24(15-17-25)22-10-6-20(7-11-22)5-3-2-4-18-26/h3,5,8-9,12-17,20,22H,2,4,6-7,10-11,18-19H2,1H3. The van der Waals surface area contributed by atoms with Gasteiger partial charge in [0.2, 0.25) is 0 Å². The van der Waals surface area contributed by atoms with Crippen LogP contribution in [0.4, 0.5) is 4.39 Å². The summed E-state index contributed by atoms with van der Waals surface area (Å²) in [6, 6.07) is 17.7. The second kappa shape index (κ2) is 10.4. The van der Waals surface area contributed by atoms with Crippen molar-refractivity contribution in [3.63, 3.8) is 0 Å². The highest BCUT2D eigenvalue weighted by molar-refractivity contribution is 5.64. The summed E-state index contributed by atoms with van der Waals surface area (Å²) >= 11 is 0. The first-order chi connectivity index (χ1) is 13.3. The predicted octanol–water partition coefficient (Wildman–Crippen LogP) is 7.08. The topological polar surface area (TPSA) is 9.23 Å². The molecule has 0 N–H and O–H groups in total. The van der Waals surface area contributed by atoms with Crippen LogP contribution >= 0.6 is 0 Å². The zero-order valence-corrected chi connectivity index (χ0v) is 16.4. The Hall–Kier alpha value is -1.93. The molecular weight excluding hydrogens is 335 g/mol. The maximum Gasteiger partial charge on any atom is 0.0897 e. The van der Waals surface area contributed by atoms with Crippen molar-refractivity contribution in [1.82, 2.24) is 0 Å². The Balaban J connectivity index is 1.54. The van der Waals surface area contributed by atoms with E-state index in [0.717, 1.165) is 6.42 Å². The number of unbranched alkanes of at least 4 members (excludes halogenated alkanes) is 1. The van der Waals surface area contributed by atoms with Gasteiger partial charge in [-0.15, -0.1) is 0 Å². The third kappa shape index (κ3) is 5.77. The van der Waals surface area contributed by atoms with Crippen molar-refractivity contribution in [3.8, 4) is 11.1 Å². The van der Waals surface area contributed by atoms with Crippen LogP contribution in [-0.2, 0) is 11.3 Å². The van der Waals surface area contributed by atoms with Gasteiger partial charge in [-0.05, 0) is 72.6 Å². The van der Waals surface area contributed by atoms with Crippen molar-refractivity contribution in [2.24, 2.45) is 5.92 Å². The molecule has 0 spiro atoms. The van der Waals surface area contributed by atoms with Gasteiger partial charge in [0.15, 0.2) is 0 Å². The second-order valence-electron chi connectivity index (χ2n) is 7.62. The van der Waals surface area contributed by atoms with Gasteiger partial charge in [0.25, 0.3) is 0 Å². The maximum absolute atomic E-state index is 12.1. The highest BCUT2D eigenvalue weighted by Gasteiger charge is 2.20. The van der Waals surface area contributed by atoms with Gasteiger partial charge < -0.3 is 4.74 Å². The average Bonchev–Trinajstić information content (AvgIpc) is 2.73. The van der Waals surface area contributed by atoms with Crippen molar-refractivity contribution in [2.45, 2.75) is 51.0 Å². The lowest BCUT2D eigenvalue weighted by Gasteiger charge is -2.27. The molecule has 0 amide bonds. The van der Waals surface area contributed by atoms with Crippen LogP contribution in [0, 0.1) is 5.92 Å². The van der Waals surface area contributed by atoms with E-state index in [-0.39, 0.29) is 6.67 Å². The summed E-state index contributed by atoms with van der Waals surface area (Å²) in [5.74, 6) is 1.37. The monoisotopic (exact) mass is 366 g/mol. The van der Waals surface area contributed by atoms with Gasteiger partial charge in [-0.3, -0.25) is 4.39 Å². The molecule has 0 heterocycles. The van der Waals surface area contributed by atoms with Gasteiger partial charge in [-0.25, -0.2) is 0 Å². The van der Waals surface area contributed by atoms with E-state index in [4.69, 9.17) is 4.74 Å². The Morgan fingerprint density at radius 1 is 0.926 bits per heavy atom. The van der Waals surface area contributed by atoms with Crippen LogP contribution in [0.3, 0.4) is 0 Å². The molecule has 1 saturated carbocycles. The number of hydrogen-bond donors (Lipinski definition) is 0.